The number of carbonyl (C=O) groups excluding carboxylic acids is 1. The molecule has 0 heterocycles. The lowest BCUT2D eigenvalue weighted by molar-refractivity contribution is 0.111. The molecule has 0 aromatic heterocycles. The summed E-state index contributed by atoms with van der Waals surface area (Å²) in [6.45, 7) is 0. The maximum Gasteiger partial charge on any atom is 0.157 e. The fraction of sp³-hybridized carbons (Fsp3) is 0.300. The molecule has 1 rings (SSSR count). The summed E-state index contributed by atoms with van der Waals surface area (Å²) >= 11 is 5.96. The van der Waals surface area contributed by atoms with Crippen molar-refractivity contribution in [2.45, 2.75) is 0 Å². The molecule has 82 valence electrons. The van der Waals surface area contributed by atoms with Gasteiger partial charge in [-0.25, -0.2) is 0 Å². The van der Waals surface area contributed by atoms with Gasteiger partial charge in [-0.2, -0.15) is 0 Å². The van der Waals surface area contributed by atoms with Gasteiger partial charge in [0.05, 0.1) is 21.3 Å². The van der Waals surface area contributed by atoms with Crippen LogP contribution in [0.2, 0.25) is 5.02 Å². The molecule has 0 spiro atoms. The number of benzene rings is 1. The van der Waals surface area contributed by atoms with Crippen LogP contribution in [0, 0.1) is 0 Å². The summed E-state index contributed by atoms with van der Waals surface area (Å²) < 4.78 is 15.1. The number of hydrogen-bond donors (Lipinski definition) is 0. The fourth-order valence-electron chi connectivity index (χ4n) is 1.23. The smallest absolute Gasteiger partial charge is 0.157 e. The highest BCUT2D eigenvalue weighted by Gasteiger charge is 2.18. The van der Waals surface area contributed by atoms with Crippen LogP contribution < -0.4 is 14.2 Å². The van der Waals surface area contributed by atoms with Crippen molar-refractivity contribution in [1.29, 1.82) is 0 Å². The van der Waals surface area contributed by atoms with Crippen LogP contribution in [0.5, 0.6) is 17.2 Å². The molecule has 0 aliphatic heterocycles. The van der Waals surface area contributed by atoms with Crippen LogP contribution >= 0.6 is 11.6 Å². The summed E-state index contributed by atoms with van der Waals surface area (Å²) in [5, 5.41) is 0.253. The normalized spacial score (nSPS) is 9.60. The van der Waals surface area contributed by atoms with Crippen LogP contribution in [0.15, 0.2) is 6.07 Å². The molecule has 1 aromatic carbocycles. The second-order valence-electron chi connectivity index (χ2n) is 2.66. The average Bonchev–Trinajstić information content (AvgIpc) is 2.28. The van der Waals surface area contributed by atoms with E-state index in [2.05, 4.69) is 0 Å². The molecule has 0 atom stereocenters. The highest BCUT2D eigenvalue weighted by Crippen LogP contribution is 2.41. The molecule has 0 bridgehead atoms. The Labute approximate surface area is 92.7 Å². The van der Waals surface area contributed by atoms with Crippen LogP contribution in [0.3, 0.4) is 0 Å². The number of ether oxygens (including phenoxy) is 3. The van der Waals surface area contributed by atoms with Crippen LogP contribution in [-0.4, -0.2) is 27.6 Å². The minimum atomic E-state index is 0.253. The number of rotatable bonds is 4. The first-order chi connectivity index (χ1) is 7.19. The molecule has 0 fully saturated rings. The van der Waals surface area contributed by atoms with Gasteiger partial charge in [-0.15, -0.1) is 0 Å². The van der Waals surface area contributed by atoms with Crippen molar-refractivity contribution in [2.75, 3.05) is 21.3 Å². The van der Waals surface area contributed by atoms with Crippen molar-refractivity contribution in [1.82, 2.24) is 0 Å². The van der Waals surface area contributed by atoms with E-state index in [1.54, 1.807) is 0 Å². The van der Waals surface area contributed by atoms with Crippen LogP contribution in [0.1, 0.15) is 10.4 Å². The molecule has 0 amide bonds. The molecule has 0 N–H and O–H groups in total. The summed E-state index contributed by atoms with van der Waals surface area (Å²) in [5.74, 6) is 1.02. The van der Waals surface area contributed by atoms with Crippen LogP contribution in [-0.2, 0) is 0 Å². The van der Waals surface area contributed by atoms with Crippen molar-refractivity contribution in [3.63, 3.8) is 0 Å². The van der Waals surface area contributed by atoms with Crippen molar-refractivity contribution >= 4 is 17.9 Å². The van der Waals surface area contributed by atoms with Gasteiger partial charge >= 0.3 is 0 Å². The van der Waals surface area contributed by atoms with Gasteiger partial charge in [0, 0.05) is 6.07 Å². The lowest BCUT2D eigenvalue weighted by atomic mass is 10.2. The van der Waals surface area contributed by atoms with Crippen LogP contribution in [0.4, 0.5) is 0 Å². The van der Waals surface area contributed by atoms with Gasteiger partial charge in [0.1, 0.15) is 22.1 Å². The molecule has 0 unspecified atom stereocenters. The summed E-state index contributed by atoms with van der Waals surface area (Å²) in [7, 11) is 4.35. The predicted molar refractivity (Wildman–Crippen MR) is 56.5 cm³/mol. The Kier molecular flexibility index (Phi) is 3.80. The molecule has 0 radical (unpaired) electrons. The second-order valence-corrected chi connectivity index (χ2v) is 3.04. The SMILES string of the molecule is COc1cc(OC)c(C=O)c(OC)c1Cl. The van der Waals surface area contributed by atoms with Crippen molar-refractivity contribution in [3.05, 3.63) is 16.7 Å². The van der Waals surface area contributed by atoms with E-state index in [0.29, 0.717) is 17.8 Å². The number of carbonyl (C=O) groups is 1. The topological polar surface area (TPSA) is 44.8 Å². The minimum Gasteiger partial charge on any atom is -0.496 e. The first kappa shape index (κ1) is 11.7. The van der Waals surface area contributed by atoms with Gasteiger partial charge in [0.15, 0.2) is 12.0 Å². The van der Waals surface area contributed by atoms with E-state index < -0.39 is 0 Å². The average molecular weight is 231 g/mol. The zero-order valence-corrected chi connectivity index (χ0v) is 9.42. The molecular formula is C10H11ClO4. The number of hydrogen-bond acceptors (Lipinski definition) is 4. The highest BCUT2D eigenvalue weighted by atomic mass is 35.5. The van der Waals surface area contributed by atoms with E-state index in [9.17, 15) is 4.79 Å². The largest absolute Gasteiger partial charge is 0.496 e. The summed E-state index contributed by atoms with van der Waals surface area (Å²) in [6, 6.07) is 1.54. The molecule has 5 heteroatoms. The maximum atomic E-state index is 10.9. The molecule has 0 saturated heterocycles. The third kappa shape index (κ3) is 1.99. The lowest BCUT2D eigenvalue weighted by Gasteiger charge is -2.13. The predicted octanol–water partition coefficient (Wildman–Crippen LogP) is 2.18. The molecule has 1 aromatic rings. The van der Waals surface area contributed by atoms with Gasteiger partial charge in [-0.3, -0.25) is 4.79 Å². The molecule has 15 heavy (non-hydrogen) atoms. The maximum absolute atomic E-state index is 10.9. The van der Waals surface area contributed by atoms with E-state index in [1.165, 1.54) is 27.4 Å². The Morgan fingerprint density at radius 1 is 1.13 bits per heavy atom. The zero-order chi connectivity index (χ0) is 11.4. The van der Waals surface area contributed by atoms with E-state index in [4.69, 9.17) is 25.8 Å². The van der Waals surface area contributed by atoms with Crippen molar-refractivity contribution in [3.8, 4) is 17.2 Å². The van der Waals surface area contributed by atoms with Crippen molar-refractivity contribution in [2.24, 2.45) is 0 Å². The van der Waals surface area contributed by atoms with E-state index in [1.807, 2.05) is 0 Å². The Bertz CT molecular complexity index is 376. The summed E-state index contributed by atoms with van der Waals surface area (Å²) in [5.41, 5.74) is 0.269. The standard InChI is InChI=1S/C10H11ClO4/c1-13-7-4-8(14-2)9(11)10(15-3)6(7)5-12/h4-5H,1-3H3. The van der Waals surface area contributed by atoms with E-state index >= 15 is 0 Å². The quantitative estimate of drug-likeness (QED) is 0.744. The molecular weight excluding hydrogens is 220 g/mol. The van der Waals surface area contributed by atoms with Gasteiger partial charge in [-0.1, -0.05) is 11.6 Å². The minimum absolute atomic E-state index is 0.253. The summed E-state index contributed by atoms with van der Waals surface area (Å²) in [4.78, 5) is 10.9. The molecule has 0 aliphatic carbocycles. The van der Waals surface area contributed by atoms with Gasteiger partial charge in [0.2, 0.25) is 0 Å². The third-order valence-electron chi connectivity index (χ3n) is 1.95. The van der Waals surface area contributed by atoms with Crippen LogP contribution in [0.25, 0.3) is 0 Å². The van der Waals surface area contributed by atoms with E-state index in [0.717, 1.165) is 0 Å². The first-order valence-corrected chi connectivity index (χ1v) is 4.51. The Morgan fingerprint density at radius 2 is 1.73 bits per heavy atom. The highest BCUT2D eigenvalue weighted by molar-refractivity contribution is 6.34. The fourth-order valence-corrected chi connectivity index (χ4v) is 1.54. The Balaban J connectivity index is 3.49. The monoisotopic (exact) mass is 230 g/mol. The third-order valence-corrected chi connectivity index (χ3v) is 2.31. The molecule has 0 aliphatic rings. The molecule has 4 nitrogen and oxygen atoms in total. The van der Waals surface area contributed by atoms with Gasteiger partial charge in [0.25, 0.3) is 0 Å². The lowest BCUT2D eigenvalue weighted by Crippen LogP contribution is -1.98. The van der Waals surface area contributed by atoms with Gasteiger partial charge in [-0.05, 0) is 0 Å². The van der Waals surface area contributed by atoms with Crippen molar-refractivity contribution < 1.29 is 19.0 Å². The Morgan fingerprint density at radius 3 is 2.13 bits per heavy atom. The van der Waals surface area contributed by atoms with E-state index in [-0.39, 0.29) is 16.3 Å². The first-order valence-electron chi connectivity index (χ1n) is 4.13. The van der Waals surface area contributed by atoms with Gasteiger partial charge < -0.3 is 14.2 Å². The second kappa shape index (κ2) is 4.89. The number of halogens is 1. The molecule has 0 saturated carbocycles. The Hall–Kier alpha value is -1.42. The number of aldehydes is 1. The number of methoxy groups -OCH3 is 3. The zero-order valence-electron chi connectivity index (χ0n) is 8.67. The summed E-state index contributed by atoms with van der Waals surface area (Å²) in [6.07, 6.45) is 0.628.